The summed E-state index contributed by atoms with van der Waals surface area (Å²) in [4.78, 5) is 27.9. The quantitative estimate of drug-likeness (QED) is 0.0356. The molecule has 1 unspecified atom stereocenters. The molecule has 0 rings (SSSR count). The van der Waals surface area contributed by atoms with Gasteiger partial charge in [-0.15, -0.1) is 0 Å². The van der Waals surface area contributed by atoms with Gasteiger partial charge < -0.3 is 25.5 Å². The Labute approximate surface area is 349 Å². The molecule has 0 aliphatic carbocycles. The lowest BCUT2D eigenvalue weighted by atomic mass is 9.89. The largest absolute Gasteiger partial charge is 0.483 e. The van der Waals surface area contributed by atoms with E-state index in [0.717, 1.165) is 18.4 Å². The van der Waals surface area contributed by atoms with Crippen molar-refractivity contribution in [3.63, 3.8) is 0 Å². The number of nitrogens with zero attached hydrogens (tertiary/aromatic N) is 1. The highest BCUT2D eigenvalue weighted by atomic mass is 16.4. The Morgan fingerprint density at radius 1 is 0.411 bits per heavy atom. The minimum Gasteiger partial charge on any atom is -0.483 e. The van der Waals surface area contributed by atoms with Crippen molar-refractivity contribution in [1.82, 2.24) is 10.2 Å². The average molecular weight is 801 g/mol. The van der Waals surface area contributed by atoms with Crippen molar-refractivity contribution in [2.75, 3.05) is 33.2 Å². The summed E-state index contributed by atoms with van der Waals surface area (Å²) in [5.41, 5.74) is 0. The molecule has 0 bridgehead atoms. The van der Waals surface area contributed by atoms with Gasteiger partial charge in [-0.1, -0.05) is 227 Å². The Kier molecular flexibility index (Phi) is 65.4. The predicted octanol–water partition coefficient (Wildman–Crippen LogP) is 14.2. The van der Waals surface area contributed by atoms with E-state index in [0.29, 0.717) is 0 Å². The number of hydrogen-bond acceptors (Lipinski definition) is 5. The summed E-state index contributed by atoms with van der Waals surface area (Å²) in [5.74, 6) is 1.97. The van der Waals surface area contributed by atoms with Crippen LogP contribution in [0.1, 0.15) is 246 Å². The Morgan fingerprint density at radius 3 is 0.964 bits per heavy atom. The Morgan fingerprint density at radius 2 is 0.661 bits per heavy atom. The maximum atomic E-state index is 8.36. The lowest BCUT2D eigenvalue weighted by Gasteiger charge is -2.22. The molecule has 0 aromatic heterocycles. The summed E-state index contributed by atoms with van der Waals surface area (Å²) < 4.78 is 0. The molecule has 0 spiro atoms. The van der Waals surface area contributed by atoms with Crippen molar-refractivity contribution < 1.29 is 29.7 Å². The number of hydrogen-bond donors (Lipinski definition) is 4. The lowest BCUT2D eigenvalue weighted by Crippen LogP contribution is -2.29. The van der Waals surface area contributed by atoms with Crippen LogP contribution in [0.25, 0.3) is 0 Å². The van der Waals surface area contributed by atoms with E-state index < -0.39 is 0 Å². The van der Waals surface area contributed by atoms with Crippen molar-refractivity contribution in [2.45, 2.75) is 246 Å². The standard InChI is InChI=1S/C45H94N2.3CH2O2/c1-6-9-12-15-22-29-37-45(38-30-23-16-13-10-7-2)39-31-24-19-26-33-42-47(43-34-40-46-5)41-32-25-18-17-21-28-36-44(4)35-27-20-14-11-8-3;3*2-1-3/h44-46H,6-43H2,1-5H3;3*1H,(H,2,3). The molecule has 0 aromatic rings. The monoisotopic (exact) mass is 801 g/mol. The molecule has 0 heterocycles. The van der Waals surface area contributed by atoms with Crippen molar-refractivity contribution in [3.8, 4) is 0 Å². The highest BCUT2D eigenvalue weighted by Gasteiger charge is 2.10. The van der Waals surface area contributed by atoms with Crippen LogP contribution < -0.4 is 5.32 Å². The zero-order valence-corrected chi connectivity index (χ0v) is 38.3. The first-order valence-corrected chi connectivity index (χ1v) is 24.0. The molecule has 0 amide bonds. The van der Waals surface area contributed by atoms with E-state index in [1.807, 2.05) is 0 Å². The van der Waals surface area contributed by atoms with Crippen molar-refractivity contribution in [3.05, 3.63) is 0 Å². The third kappa shape index (κ3) is 61.5. The fourth-order valence-corrected chi connectivity index (χ4v) is 7.75. The minimum absolute atomic E-state index is 0.250. The summed E-state index contributed by atoms with van der Waals surface area (Å²) in [6, 6.07) is 0. The summed E-state index contributed by atoms with van der Waals surface area (Å²) >= 11 is 0. The van der Waals surface area contributed by atoms with E-state index in [-0.39, 0.29) is 19.4 Å². The molecule has 56 heavy (non-hydrogen) atoms. The second-order valence-electron chi connectivity index (χ2n) is 16.4. The van der Waals surface area contributed by atoms with Gasteiger partial charge in [-0.3, -0.25) is 14.4 Å². The topological polar surface area (TPSA) is 127 Å². The van der Waals surface area contributed by atoms with Crippen LogP contribution in [-0.4, -0.2) is 72.9 Å². The zero-order chi connectivity index (χ0) is 42.4. The summed E-state index contributed by atoms with van der Waals surface area (Å²) in [7, 11) is 2.10. The number of nitrogens with one attached hydrogen (secondary N) is 1. The van der Waals surface area contributed by atoms with Gasteiger partial charge in [0.25, 0.3) is 19.4 Å². The van der Waals surface area contributed by atoms with Gasteiger partial charge in [0.2, 0.25) is 0 Å². The van der Waals surface area contributed by atoms with Crippen LogP contribution >= 0.6 is 0 Å². The third-order valence-corrected chi connectivity index (χ3v) is 11.1. The molecule has 0 fully saturated rings. The van der Waals surface area contributed by atoms with Crippen LogP contribution in [0.5, 0.6) is 0 Å². The first kappa shape index (κ1) is 61.0. The second-order valence-corrected chi connectivity index (χ2v) is 16.4. The molecule has 0 radical (unpaired) electrons. The predicted molar refractivity (Wildman–Crippen MR) is 243 cm³/mol. The molecular weight excluding hydrogens is 701 g/mol. The molecule has 0 saturated heterocycles. The van der Waals surface area contributed by atoms with Gasteiger partial charge in [0.15, 0.2) is 0 Å². The highest BCUT2D eigenvalue weighted by Crippen LogP contribution is 2.25. The number of rotatable bonds is 41. The van der Waals surface area contributed by atoms with Crippen LogP contribution in [0.15, 0.2) is 0 Å². The smallest absolute Gasteiger partial charge is 0.290 e. The molecule has 0 aromatic carbocycles. The van der Waals surface area contributed by atoms with E-state index in [2.05, 4.69) is 45.0 Å². The summed E-state index contributed by atoms with van der Waals surface area (Å²) in [5, 5.41) is 24.0. The summed E-state index contributed by atoms with van der Waals surface area (Å²) in [6.45, 7) is 13.8. The van der Waals surface area contributed by atoms with Crippen molar-refractivity contribution in [2.24, 2.45) is 11.8 Å². The van der Waals surface area contributed by atoms with Crippen molar-refractivity contribution in [1.29, 1.82) is 0 Å². The van der Waals surface area contributed by atoms with Gasteiger partial charge in [-0.05, 0) is 64.3 Å². The molecule has 4 N–H and O–H groups in total. The van der Waals surface area contributed by atoms with E-state index in [4.69, 9.17) is 29.7 Å². The van der Waals surface area contributed by atoms with Gasteiger partial charge in [0.05, 0.1) is 0 Å². The molecule has 0 saturated carbocycles. The average Bonchev–Trinajstić information content (AvgIpc) is 3.18. The summed E-state index contributed by atoms with van der Waals surface area (Å²) in [6.07, 6.45) is 49.3. The maximum Gasteiger partial charge on any atom is 0.290 e. The van der Waals surface area contributed by atoms with Crippen LogP contribution in [0.4, 0.5) is 0 Å². The van der Waals surface area contributed by atoms with Crippen LogP contribution in [-0.2, 0) is 14.4 Å². The lowest BCUT2D eigenvalue weighted by molar-refractivity contribution is -0.123. The fraction of sp³-hybridized carbons (Fsp3) is 0.938. The zero-order valence-electron chi connectivity index (χ0n) is 38.3. The van der Waals surface area contributed by atoms with Crippen LogP contribution in [0.2, 0.25) is 0 Å². The first-order chi connectivity index (χ1) is 27.4. The van der Waals surface area contributed by atoms with E-state index in [1.54, 1.807) is 0 Å². The number of carbonyl (C=O) groups is 3. The first-order valence-electron chi connectivity index (χ1n) is 24.0. The Bertz CT molecular complexity index is 668. The van der Waals surface area contributed by atoms with Gasteiger partial charge in [-0.25, -0.2) is 0 Å². The van der Waals surface area contributed by atoms with E-state index in [1.165, 1.54) is 238 Å². The fourth-order valence-electron chi connectivity index (χ4n) is 7.75. The Hall–Kier alpha value is -1.67. The molecule has 338 valence electrons. The molecule has 0 aliphatic heterocycles. The molecule has 8 heteroatoms. The third-order valence-electron chi connectivity index (χ3n) is 11.1. The second kappa shape index (κ2) is 60.0. The SMILES string of the molecule is CCCCCCCCC(CCCCCCCC)CCCCCCCN(CCCCCCCCC(C)CCCCCCC)CCCNC.O=CO.O=CO.O=CO. The van der Waals surface area contributed by atoms with Gasteiger partial charge in [0, 0.05) is 0 Å². The van der Waals surface area contributed by atoms with Gasteiger partial charge in [-0.2, -0.15) is 0 Å². The van der Waals surface area contributed by atoms with E-state index in [9.17, 15) is 0 Å². The van der Waals surface area contributed by atoms with Crippen LogP contribution in [0.3, 0.4) is 0 Å². The minimum atomic E-state index is -0.250. The molecule has 0 aliphatic rings. The highest BCUT2D eigenvalue weighted by molar-refractivity contribution is 5.33. The Balaban J connectivity index is -0.00000136. The maximum absolute atomic E-state index is 8.36. The van der Waals surface area contributed by atoms with Gasteiger partial charge >= 0.3 is 0 Å². The molecular formula is C48H100N2O6. The van der Waals surface area contributed by atoms with E-state index >= 15 is 0 Å². The number of unbranched alkanes of at least 4 members (excludes halogenated alkanes) is 23. The molecule has 1 atom stereocenters. The van der Waals surface area contributed by atoms with Gasteiger partial charge in [0.1, 0.15) is 0 Å². The number of carboxylic acid groups (broad SMARTS) is 3. The van der Waals surface area contributed by atoms with Crippen molar-refractivity contribution >= 4 is 19.4 Å². The normalized spacial score (nSPS) is 11.2. The molecule has 8 nitrogen and oxygen atoms in total. The van der Waals surface area contributed by atoms with Crippen LogP contribution in [0, 0.1) is 11.8 Å².